The van der Waals surface area contributed by atoms with E-state index in [1.807, 2.05) is 0 Å². The Morgan fingerprint density at radius 1 is 1.78 bits per heavy atom. The number of hydrogen-bond acceptors (Lipinski definition) is 2. The Hall–Kier alpha value is -0.520. The van der Waals surface area contributed by atoms with Crippen molar-refractivity contribution in [3.8, 4) is 12.3 Å². The molecule has 0 unspecified atom stereocenters. The molecule has 0 saturated heterocycles. The van der Waals surface area contributed by atoms with Crippen molar-refractivity contribution in [2.75, 3.05) is 13.7 Å². The molecule has 0 fully saturated rings. The summed E-state index contributed by atoms with van der Waals surface area (Å²) in [5, 5.41) is 0. The predicted octanol–water partition coefficient (Wildman–Crippen LogP) is 0.373. The third-order valence-electron chi connectivity index (χ3n) is 1.07. The van der Waals surface area contributed by atoms with Crippen LogP contribution in [-0.2, 0) is 4.74 Å². The summed E-state index contributed by atoms with van der Waals surface area (Å²) in [6, 6.07) is 0.106. The van der Waals surface area contributed by atoms with E-state index in [1.165, 1.54) is 0 Å². The molecule has 0 aromatic rings. The number of nitrogens with two attached hydrogens (primary N) is 1. The molecule has 0 aliphatic rings. The van der Waals surface area contributed by atoms with Gasteiger partial charge in [-0.15, -0.1) is 12.3 Å². The van der Waals surface area contributed by atoms with Gasteiger partial charge in [-0.3, -0.25) is 0 Å². The highest BCUT2D eigenvalue weighted by Crippen LogP contribution is 1.91. The highest BCUT2D eigenvalue weighted by atomic mass is 16.5. The highest BCUT2D eigenvalue weighted by molar-refractivity contribution is 4.88. The van der Waals surface area contributed by atoms with Gasteiger partial charge in [-0.2, -0.15) is 0 Å². The molecule has 0 heterocycles. The second kappa shape index (κ2) is 5.61. The molecule has 0 bridgehead atoms. The van der Waals surface area contributed by atoms with Crippen LogP contribution >= 0.6 is 0 Å². The van der Waals surface area contributed by atoms with Crippen molar-refractivity contribution >= 4 is 0 Å². The van der Waals surface area contributed by atoms with Crippen LogP contribution in [-0.4, -0.2) is 19.8 Å². The van der Waals surface area contributed by atoms with Crippen LogP contribution in [0.2, 0.25) is 0 Å². The van der Waals surface area contributed by atoms with E-state index < -0.39 is 0 Å². The van der Waals surface area contributed by atoms with Gasteiger partial charge in [0.2, 0.25) is 0 Å². The Kier molecular flexibility index (Phi) is 5.29. The SMILES string of the molecule is C#CC[C@H](N)CCOC. The minimum Gasteiger partial charge on any atom is -0.385 e. The van der Waals surface area contributed by atoms with Gasteiger partial charge in [0.25, 0.3) is 0 Å². The van der Waals surface area contributed by atoms with Crippen LogP contribution in [0, 0.1) is 12.3 Å². The minimum absolute atomic E-state index is 0.106. The molecule has 52 valence electrons. The average molecular weight is 127 g/mol. The molecule has 2 N–H and O–H groups in total. The summed E-state index contributed by atoms with van der Waals surface area (Å²) in [6.07, 6.45) is 6.52. The van der Waals surface area contributed by atoms with Crippen molar-refractivity contribution in [1.29, 1.82) is 0 Å². The average Bonchev–Trinajstić information content (AvgIpc) is 1.85. The third kappa shape index (κ3) is 5.35. The molecule has 0 aromatic heterocycles. The Bertz CT molecular complexity index is 95.6. The lowest BCUT2D eigenvalue weighted by atomic mass is 10.2. The first kappa shape index (κ1) is 8.48. The van der Waals surface area contributed by atoms with Gasteiger partial charge in [0.1, 0.15) is 0 Å². The van der Waals surface area contributed by atoms with Gasteiger partial charge in [-0.1, -0.05) is 0 Å². The molecule has 1 atom stereocenters. The van der Waals surface area contributed by atoms with Crippen molar-refractivity contribution in [3.05, 3.63) is 0 Å². The maximum absolute atomic E-state index is 5.55. The highest BCUT2D eigenvalue weighted by Gasteiger charge is 1.97. The van der Waals surface area contributed by atoms with Crippen LogP contribution in [0.15, 0.2) is 0 Å². The van der Waals surface area contributed by atoms with Gasteiger partial charge in [-0.05, 0) is 6.42 Å². The molecule has 0 aromatic carbocycles. The topological polar surface area (TPSA) is 35.2 Å². The molecule has 2 nitrogen and oxygen atoms in total. The Balaban J connectivity index is 3.08. The van der Waals surface area contributed by atoms with Crippen LogP contribution < -0.4 is 5.73 Å². The second-order valence-electron chi connectivity index (χ2n) is 1.95. The molecule has 0 saturated carbocycles. The number of hydrogen-bond donors (Lipinski definition) is 1. The van der Waals surface area contributed by atoms with Gasteiger partial charge in [0, 0.05) is 26.2 Å². The summed E-state index contributed by atoms with van der Waals surface area (Å²) in [5.41, 5.74) is 5.55. The molecule has 0 aliphatic carbocycles. The van der Waals surface area contributed by atoms with E-state index in [2.05, 4.69) is 5.92 Å². The van der Waals surface area contributed by atoms with Crippen molar-refractivity contribution < 1.29 is 4.74 Å². The summed E-state index contributed by atoms with van der Waals surface area (Å²) in [6.45, 7) is 0.697. The van der Waals surface area contributed by atoms with Gasteiger partial charge in [-0.25, -0.2) is 0 Å². The number of ether oxygens (including phenoxy) is 1. The zero-order valence-electron chi connectivity index (χ0n) is 5.76. The van der Waals surface area contributed by atoms with Crippen LogP contribution in [0.3, 0.4) is 0 Å². The molecule has 2 heteroatoms. The predicted molar refractivity (Wildman–Crippen MR) is 37.9 cm³/mol. The number of rotatable bonds is 4. The van der Waals surface area contributed by atoms with Crippen LogP contribution in [0.4, 0.5) is 0 Å². The number of methoxy groups -OCH3 is 1. The first-order chi connectivity index (χ1) is 4.31. The molecule has 0 amide bonds. The lowest BCUT2D eigenvalue weighted by molar-refractivity contribution is 0.188. The zero-order valence-corrected chi connectivity index (χ0v) is 5.76. The lowest BCUT2D eigenvalue weighted by Gasteiger charge is -2.04. The van der Waals surface area contributed by atoms with E-state index in [0.717, 1.165) is 6.42 Å². The number of terminal acetylenes is 1. The Labute approximate surface area is 56.4 Å². The fourth-order valence-electron chi connectivity index (χ4n) is 0.523. The Morgan fingerprint density at radius 2 is 2.44 bits per heavy atom. The largest absolute Gasteiger partial charge is 0.385 e. The standard InChI is InChI=1S/C7H13NO/c1-3-4-7(8)5-6-9-2/h1,7H,4-6,8H2,2H3/t7-/m0/s1. The van der Waals surface area contributed by atoms with Crippen LogP contribution in [0.25, 0.3) is 0 Å². The monoisotopic (exact) mass is 127 g/mol. The van der Waals surface area contributed by atoms with Crippen molar-refractivity contribution in [3.63, 3.8) is 0 Å². The quantitative estimate of drug-likeness (QED) is 0.554. The minimum atomic E-state index is 0.106. The first-order valence-corrected chi connectivity index (χ1v) is 2.99. The summed E-state index contributed by atoms with van der Waals surface area (Å²) < 4.78 is 4.81. The normalized spacial score (nSPS) is 12.6. The maximum Gasteiger partial charge on any atom is 0.0477 e. The third-order valence-corrected chi connectivity index (χ3v) is 1.07. The van der Waals surface area contributed by atoms with Crippen molar-refractivity contribution in [2.45, 2.75) is 18.9 Å². The molecule has 9 heavy (non-hydrogen) atoms. The molecule has 0 rings (SSSR count). The van der Waals surface area contributed by atoms with Gasteiger partial charge in [0.05, 0.1) is 0 Å². The first-order valence-electron chi connectivity index (χ1n) is 2.99. The van der Waals surface area contributed by atoms with E-state index in [0.29, 0.717) is 13.0 Å². The van der Waals surface area contributed by atoms with Crippen LogP contribution in [0.5, 0.6) is 0 Å². The van der Waals surface area contributed by atoms with Crippen LogP contribution in [0.1, 0.15) is 12.8 Å². The van der Waals surface area contributed by atoms with Gasteiger partial charge >= 0.3 is 0 Å². The van der Waals surface area contributed by atoms with E-state index in [4.69, 9.17) is 16.9 Å². The molecular formula is C7H13NO. The fraction of sp³-hybridized carbons (Fsp3) is 0.714. The van der Waals surface area contributed by atoms with E-state index in [9.17, 15) is 0 Å². The second-order valence-corrected chi connectivity index (χ2v) is 1.95. The van der Waals surface area contributed by atoms with Crippen molar-refractivity contribution in [2.24, 2.45) is 5.73 Å². The zero-order chi connectivity index (χ0) is 7.11. The summed E-state index contributed by atoms with van der Waals surface area (Å²) >= 11 is 0. The summed E-state index contributed by atoms with van der Waals surface area (Å²) in [4.78, 5) is 0. The van der Waals surface area contributed by atoms with Crippen molar-refractivity contribution in [1.82, 2.24) is 0 Å². The summed E-state index contributed by atoms with van der Waals surface area (Å²) in [5.74, 6) is 2.50. The van der Waals surface area contributed by atoms with E-state index >= 15 is 0 Å². The molecule has 0 spiro atoms. The maximum atomic E-state index is 5.55. The molecule has 0 radical (unpaired) electrons. The van der Waals surface area contributed by atoms with E-state index in [-0.39, 0.29) is 6.04 Å². The lowest BCUT2D eigenvalue weighted by Crippen LogP contribution is -2.20. The van der Waals surface area contributed by atoms with Gasteiger partial charge < -0.3 is 10.5 Å². The fourth-order valence-corrected chi connectivity index (χ4v) is 0.523. The smallest absolute Gasteiger partial charge is 0.0477 e. The summed E-state index contributed by atoms with van der Waals surface area (Å²) in [7, 11) is 1.66. The molecular weight excluding hydrogens is 114 g/mol. The van der Waals surface area contributed by atoms with E-state index in [1.54, 1.807) is 7.11 Å². The van der Waals surface area contributed by atoms with Gasteiger partial charge in [0.15, 0.2) is 0 Å². The Morgan fingerprint density at radius 3 is 2.89 bits per heavy atom. The molecule has 0 aliphatic heterocycles.